The Hall–Kier alpha value is -2.68. The number of para-hydroxylation sites is 1. The number of rotatable bonds is 4. The first-order valence-electron chi connectivity index (χ1n) is 12.0. The van der Waals surface area contributed by atoms with Gasteiger partial charge in [0.2, 0.25) is 5.91 Å². The molecule has 8 nitrogen and oxygen atoms in total. The summed E-state index contributed by atoms with van der Waals surface area (Å²) < 4.78 is 12.3. The zero-order valence-electron chi connectivity index (χ0n) is 19.7. The van der Waals surface area contributed by atoms with Crippen LogP contribution < -0.4 is 4.90 Å². The zero-order valence-corrected chi connectivity index (χ0v) is 20.5. The van der Waals surface area contributed by atoms with Crippen LogP contribution in [-0.2, 0) is 23.9 Å². The van der Waals surface area contributed by atoms with Crippen molar-refractivity contribution in [3.63, 3.8) is 0 Å². The van der Waals surface area contributed by atoms with Crippen molar-refractivity contribution in [3.8, 4) is 0 Å². The van der Waals surface area contributed by atoms with E-state index in [1.54, 1.807) is 43.3 Å². The van der Waals surface area contributed by atoms with Crippen molar-refractivity contribution in [1.29, 1.82) is 0 Å². The van der Waals surface area contributed by atoms with E-state index in [1.165, 1.54) is 9.80 Å². The van der Waals surface area contributed by atoms with Gasteiger partial charge in [0, 0.05) is 6.54 Å². The molecular formula is C26H29ClN2O6. The molecule has 0 aromatic heterocycles. The molecule has 1 spiro atoms. The van der Waals surface area contributed by atoms with E-state index in [0.717, 1.165) is 0 Å². The van der Waals surface area contributed by atoms with Gasteiger partial charge >= 0.3 is 5.97 Å². The quantitative estimate of drug-likeness (QED) is 0.504. The number of nitrogens with zero attached hydrogens (tertiary/aromatic N) is 2. The van der Waals surface area contributed by atoms with Gasteiger partial charge in [0.1, 0.15) is 23.2 Å². The van der Waals surface area contributed by atoms with Crippen LogP contribution in [0.25, 0.3) is 0 Å². The summed E-state index contributed by atoms with van der Waals surface area (Å²) in [6, 6.07) is 5.26. The molecule has 0 aliphatic carbocycles. The zero-order chi connectivity index (χ0) is 25.0. The normalized spacial score (nSPS) is 35.1. The molecule has 5 rings (SSSR count). The van der Waals surface area contributed by atoms with Gasteiger partial charge in [-0.15, -0.1) is 0 Å². The first-order chi connectivity index (χ1) is 16.8. The number of aliphatic hydroxyl groups excluding tert-OH is 1. The molecule has 1 aromatic carbocycles. The molecule has 4 aliphatic heterocycles. The van der Waals surface area contributed by atoms with Gasteiger partial charge in [-0.05, 0) is 31.9 Å². The van der Waals surface area contributed by atoms with E-state index in [4.69, 9.17) is 21.1 Å². The van der Waals surface area contributed by atoms with Crippen molar-refractivity contribution in [3.05, 3.63) is 53.6 Å². The lowest BCUT2D eigenvalue weighted by molar-refractivity contribution is -0.161. The van der Waals surface area contributed by atoms with Crippen molar-refractivity contribution in [2.24, 2.45) is 11.8 Å². The van der Waals surface area contributed by atoms with E-state index in [2.05, 4.69) is 0 Å². The molecule has 4 heterocycles. The van der Waals surface area contributed by atoms with Crippen LogP contribution in [0.4, 0.5) is 5.69 Å². The molecule has 1 unspecified atom stereocenters. The highest BCUT2D eigenvalue weighted by atomic mass is 35.5. The minimum absolute atomic E-state index is 0.217. The molecular weight excluding hydrogens is 472 g/mol. The number of benzene rings is 1. The summed E-state index contributed by atoms with van der Waals surface area (Å²) >= 11 is 6.44. The predicted molar refractivity (Wildman–Crippen MR) is 129 cm³/mol. The highest BCUT2D eigenvalue weighted by Gasteiger charge is 2.75. The first-order valence-corrected chi connectivity index (χ1v) is 12.4. The van der Waals surface area contributed by atoms with Gasteiger partial charge in [-0.25, -0.2) is 0 Å². The number of cyclic esters (lactones) is 1. The van der Waals surface area contributed by atoms with Crippen molar-refractivity contribution in [2.75, 3.05) is 24.7 Å². The van der Waals surface area contributed by atoms with Gasteiger partial charge in [0.15, 0.2) is 0 Å². The van der Waals surface area contributed by atoms with Gasteiger partial charge < -0.3 is 24.4 Å². The van der Waals surface area contributed by atoms with Crippen molar-refractivity contribution in [2.45, 2.75) is 50.0 Å². The van der Waals surface area contributed by atoms with Crippen LogP contribution >= 0.6 is 11.6 Å². The lowest BCUT2D eigenvalue weighted by Gasteiger charge is -2.40. The average Bonchev–Trinajstić information content (AvgIpc) is 3.20. The van der Waals surface area contributed by atoms with E-state index >= 15 is 0 Å². The predicted octanol–water partition coefficient (Wildman–Crippen LogP) is 2.49. The Morgan fingerprint density at radius 2 is 1.91 bits per heavy atom. The number of hydrogen-bond acceptors (Lipinski definition) is 6. The van der Waals surface area contributed by atoms with Crippen LogP contribution in [0, 0.1) is 11.8 Å². The SMILES string of the molecule is CC[C@@]12C=CCCOC(=O)[C@@H]1[C@H]1C(=O)N([C@H](C)CO)C3C(=O)N(c4ccccc4Cl)CC=C[C@@]31O2. The Labute approximate surface area is 209 Å². The Balaban J connectivity index is 1.70. The fraction of sp³-hybridized carbons (Fsp3) is 0.500. The smallest absolute Gasteiger partial charge is 0.313 e. The fourth-order valence-corrected chi connectivity index (χ4v) is 6.35. The Morgan fingerprint density at radius 3 is 2.63 bits per heavy atom. The van der Waals surface area contributed by atoms with Crippen LogP contribution in [0.3, 0.4) is 0 Å². The number of carbonyl (C=O) groups excluding carboxylic acids is 3. The molecule has 0 bridgehead atoms. The number of amides is 2. The number of anilines is 1. The fourth-order valence-electron chi connectivity index (χ4n) is 6.12. The molecule has 35 heavy (non-hydrogen) atoms. The minimum Gasteiger partial charge on any atom is -0.465 e. The van der Waals surface area contributed by atoms with Gasteiger partial charge in [0.05, 0.1) is 35.9 Å². The van der Waals surface area contributed by atoms with Crippen LogP contribution in [0.2, 0.25) is 5.02 Å². The van der Waals surface area contributed by atoms with Crippen LogP contribution in [-0.4, -0.2) is 70.8 Å². The number of esters is 1. The Kier molecular flexibility index (Phi) is 6.02. The number of fused-ring (bicyclic) bond motifs is 2. The standard InChI is InChI=1S/C26H29ClN2O6/c1-3-25-11-6-7-14-34-24(33)20(25)19-22(31)29(16(2)15-30)21-23(32)28(13-8-12-26(19,21)35-25)18-10-5-4-9-17(18)27/h4-6,8-12,16,19-21,30H,3,7,13-15H2,1-2H3/t16-,19+,20+,21?,25-,26+/m1/s1. The molecule has 4 aliphatic rings. The summed E-state index contributed by atoms with van der Waals surface area (Å²) in [5.74, 6) is -3.17. The number of hydrogen-bond donors (Lipinski definition) is 1. The van der Waals surface area contributed by atoms with Gasteiger partial charge in [-0.1, -0.05) is 55.0 Å². The van der Waals surface area contributed by atoms with Crippen LogP contribution in [0.1, 0.15) is 26.7 Å². The Morgan fingerprint density at radius 1 is 1.14 bits per heavy atom. The second kappa shape index (κ2) is 8.76. The van der Waals surface area contributed by atoms with Crippen molar-refractivity contribution >= 4 is 35.1 Å². The molecule has 0 saturated carbocycles. The topological polar surface area (TPSA) is 96.4 Å². The number of carbonyl (C=O) groups is 3. The largest absolute Gasteiger partial charge is 0.465 e. The lowest BCUT2D eigenvalue weighted by atomic mass is 9.73. The third kappa shape index (κ3) is 3.37. The van der Waals surface area contributed by atoms with Gasteiger partial charge in [0.25, 0.3) is 5.91 Å². The number of aliphatic hydroxyl groups is 1. The van der Waals surface area contributed by atoms with E-state index in [9.17, 15) is 19.5 Å². The maximum atomic E-state index is 14.2. The molecule has 1 aromatic rings. The second-order valence-corrected chi connectivity index (χ2v) is 9.97. The number of halogens is 1. The molecule has 2 amide bonds. The maximum Gasteiger partial charge on any atom is 0.313 e. The summed E-state index contributed by atoms with van der Waals surface area (Å²) in [6.07, 6.45) is 8.31. The number of likely N-dealkylation sites (tertiary alicyclic amines) is 1. The Bertz CT molecular complexity index is 1120. The monoisotopic (exact) mass is 500 g/mol. The molecule has 2 saturated heterocycles. The molecule has 2 fully saturated rings. The maximum absolute atomic E-state index is 14.2. The average molecular weight is 501 g/mol. The van der Waals surface area contributed by atoms with Crippen LogP contribution in [0.5, 0.6) is 0 Å². The third-order valence-electron chi connectivity index (χ3n) is 7.72. The van der Waals surface area contributed by atoms with Gasteiger partial charge in [-0.2, -0.15) is 0 Å². The minimum atomic E-state index is -1.40. The van der Waals surface area contributed by atoms with Crippen LogP contribution in [0.15, 0.2) is 48.6 Å². The molecule has 6 atom stereocenters. The van der Waals surface area contributed by atoms with Crippen molar-refractivity contribution in [1.82, 2.24) is 4.90 Å². The van der Waals surface area contributed by atoms with Crippen molar-refractivity contribution < 1.29 is 29.0 Å². The molecule has 1 N–H and O–H groups in total. The number of ether oxygens (including phenoxy) is 2. The summed E-state index contributed by atoms with van der Waals surface area (Å²) in [6.45, 7) is 3.67. The lowest BCUT2D eigenvalue weighted by Crippen LogP contribution is -2.58. The van der Waals surface area contributed by atoms with E-state index in [1.807, 2.05) is 19.1 Å². The second-order valence-electron chi connectivity index (χ2n) is 9.56. The summed E-state index contributed by atoms with van der Waals surface area (Å²) in [5.41, 5.74) is -1.97. The highest BCUT2D eigenvalue weighted by Crippen LogP contribution is 2.58. The van der Waals surface area contributed by atoms with E-state index in [0.29, 0.717) is 23.6 Å². The molecule has 186 valence electrons. The first kappa shape index (κ1) is 24.0. The highest BCUT2D eigenvalue weighted by molar-refractivity contribution is 6.34. The molecule has 0 radical (unpaired) electrons. The van der Waals surface area contributed by atoms with Gasteiger partial charge in [-0.3, -0.25) is 14.4 Å². The summed E-state index contributed by atoms with van der Waals surface area (Å²) in [4.78, 5) is 44.5. The van der Waals surface area contributed by atoms with E-state index < -0.39 is 47.0 Å². The third-order valence-corrected chi connectivity index (χ3v) is 8.04. The summed E-state index contributed by atoms with van der Waals surface area (Å²) in [7, 11) is 0. The molecule has 9 heteroatoms. The van der Waals surface area contributed by atoms with E-state index in [-0.39, 0.29) is 25.7 Å². The summed E-state index contributed by atoms with van der Waals surface area (Å²) in [5, 5.41) is 10.4.